The average Bonchev–Trinajstić information content (AvgIpc) is 2.90. The number of aromatic nitrogens is 3. The largest absolute Gasteiger partial charge is 0.325 e. The van der Waals surface area contributed by atoms with Crippen molar-refractivity contribution in [3.05, 3.63) is 41.5 Å². The van der Waals surface area contributed by atoms with Gasteiger partial charge in [-0.15, -0.1) is 5.10 Å². The molecule has 0 aliphatic heterocycles. The van der Waals surface area contributed by atoms with E-state index in [-0.39, 0.29) is 12.4 Å². The van der Waals surface area contributed by atoms with Gasteiger partial charge in [-0.2, -0.15) is 5.26 Å². The number of amides is 3. The Balaban J connectivity index is 1.89. The third-order valence-corrected chi connectivity index (χ3v) is 2.96. The lowest BCUT2D eigenvalue weighted by Gasteiger charge is -2.08. The van der Waals surface area contributed by atoms with Crippen LogP contribution in [0.3, 0.4) is 0 Å². The molecule has 8 nitrogen and oxygen atoms in total. The number of hydrogen-bond acceptors (Lipinski definition) is 5. The van der Waals surface area contributed by atoms with Crippen LogP contribution in [0.4, 0.5) is 10.5 Å². The molecule has 0 unspecified atom stereocenters. The lowest BCUT2D eigenvalue weighted by atomic mass is 10.1. The Morgan fingerprint density at radius 2 is 2.09 bits per heavy atom. The first-order valence-corrected chi connectivity index (χ1v) is 6.45. The summed E-state index contributed by atoms with van der Waals surface area (Å²) in [4.78, 5) is 27.1. The van der Waals surface area contributed by atoms with E-state index in [9.17, 15) is 9.59 Å². The van der Waals surface area contributed by atoms with E-state index in [0.717, 1.165) is 11.1 Å². The van der Waals surface area contributed by atoms with Gasteiger partial charge < -0.3 is 5.32 Å². The summed E-state index contributed by atoms with van der Waals surface area (Å²) in [7, 11) is 0. The van der Waals surface area contributed by atoms with Crippen molar-refractivity contribution in [3.63, 3.8) is 0 Å². The zero-order chi connectivity index (χ0) is 16.1. The Hall–Kier alpha value is -3.21. The highest BCUT2D eigenvalue weighted by Gasteiger charge is 2.10. The van der Waals surface area contributed by atoms with E-state index in [4.69, 9.17) is 5.26 Å². The van der Waals surface area contributed by atoms with Crippen molar-refractivity contribution >= 4 is 17.6 Å². The van der Waals surface area contributed by atoms with E-state index in [1.54, 1.807) is 12.1 Å². The molecule has 1 aromatic carbocycles. The number of carbonyl (C=O) groups is 2. The van der Waals surface area contributed by atoms with Gasteiger partial charge in [0.15, 0.2) is 0 Å². The molecule has 0 atom stereocenters. The van der Waals surface area contributed by atoms with Gasteiger partial charge in [0.05, 0.1) is 0 Å². The van der Waals surface area contributed by atoms with Crippen LogP contribution in [-0.4, -0.2) is 26.7 Å². The molecule has 0 aliphatic carbocycles. The van der Waals surface area contributed by atoms with E-state index < -0.39 is 11.9 Å². The molecule has 0 aliphatic rings. The van der Waals surface area contributed by atoms with Gasteiger partial charge in [0.2, 0.25) is 5.91 Å². The fraction of sp³-hybridized carbons (Fsp3) is 0.214. The quantitative estimate of drug-likeness (QED) is 0.881. The van der Waals surface area contributed by atoms with Crippen LogP contribution in [0.5, 0.6) is 0 Å². The highest BCUT2D eigenvalue weighted by molar-refractivity contribution is 6.01. The van der Waals surface area contributed by atoms with Crippen molar-refractivity contribution in [2.45, 2.75) is 20.4 Å². The predicted octanol–water partition coefficient (Wildman–Crippen LogP) is 1.11. The molecule has 1 aromatic heterocycles. The molecule has 0 radical (unpaired) electrons. The summed E-state index contributed by atoms with van der Waals surface area (Å²) in [6.45, 7) is 3.70. The second kappa shape index (κ2) is 6.49. The Morgan fingerprint density at radius 3 is 2.73 bits per heavy atom. The standard InChI is InChI=1S/C14H14N6O2/c1-9-3-4-11(5-10(9)2)17-14(22)18-13(21)7-20-8-16-12(6-15)19-20/h3-5,8H,7H2,1-2H3,(H2,17,18,21,22). The van der Waals surface area contributed by atoms with Gasteiger partial charge in [-0.1, -0.05) is 6.07 Å². The average molecular weight is 298 g/mol. The number of nitriles is 1. The van der Waals surface area contributed by atoms with Gasteiger partial charge in [0, 0.05) is 5.69 Å². The van der Waals surface area contributed by atoms with Crippen molar-refractivity contribution in [1.29, 1.82) is 5.26 Å². The first kappa shape index (κ1) is 15.2. The van der Waals surface area contributed by atoms with Crippen molar-refractivity contribution in [2.75, 3.05) is 5.32 Å². The molecular formula is C14H14N6O2. The molecule has 2 rings (SSSR count). The normalized spacial score (nSPS) is 9.86. The number of benzene rings is 1. The fourth-order valence-electron chi connectivity index (χ4n) is 1.72. The van der Waals surface area contributed by atoms with Crippen molar-refractivity contribution in [2.24, 2.45) is 0 Å². The van der Waals surface area contributed by atoms with Crippen LogP contribution in [0.1, 0.15) is 17.0 Å². The minimum atomic E-state index is -0.631. The third kappa shape index (κ3) is 3.89. The fourth-order valence-corrected chi connectivity index (χ4v) is 1.72. The Labute approximate surface area is 126 Å². The van der Waals surface area contributed by atoms with E-state index in [2.05, 4.69) is 20.7 Å². The molecule has 0 saturated heterocycles. The zero-order valence-electron chi connectivity index (χ0n) is 12.1. The summed E-state index contributed by atoms with van der Waals surface area (Å²) >= 11 is 0. The SMILES string of the molecule is Cc1ccc(NC(=O)NC(=O)Cn2cnc(C#N)n2)cc1C. The second-order valence-electron chi connectivity index (χ2n) is 4.68. The molecule has 2 N–H and O–H groups in total. The molecule has 0 spiro atoms. The summed E-state index contributed by atoms with van der Waals surface area (Å²) in [5.41, 5.74) is 2.75. The van der Waals surface area contributed by atoms with Crippen molar-refractivity contribution < 1.29 is 9.59 Å². The van der Waals surface area contributed by atoms with Gasteiger partial charge in [-0.25, -0.2) is 14.5 Å². The van der Waals surface area contributed by atoms with Gasteiger partial charge in [-0.05, 0) is 37.1 Å². The number of nitrogens with one attached hydrogen (secondary N) is 2. The molecule has 22 heavy (non-hydrogen) atoms. The Morgan fingerprint density at radius 1 is 1.32 bits per heavy atom. The molecule has 0 bridgehead atoms. The van der Waals surface area contributed by atoms with Crippen LogP contribution in [0, 0.1) is 25.2 Å². The Bertz CT molecular complexity index is 759. The topological polar surface area (TPSA) is 113 Å². The number of hydrogen-bond donors (Lipinski definition) is 2. The lowest BCUT2D eigenvalue weighted by Crippen LogP contribution is -2.36. The van der Waals surface area contributed by atoms with E-state index in [0.29, 0.717) is 5.69 Å². The van der Waals surface area contributed by atoms with Crippen molar-refractivity contribution in [3.8, 4) is 6.07 Å². The van der Waals surface area contributed by atoms with E-state index >= 15 is 0 Å². The number of urea groups is 1. The maximum absolute atomic E-state index is 11.7. The minimum Gasteiger partial charge on any atom is -0.308 e. The molecule has 2 aromatic rings. The zero-order valence-corrected chi connectivity index (χ0v) is 12.1. The summed E-state index contributed by atoms with van der Waals surface area (Å²) in [6, 6.07) is 6.57. The van der Waals surface area contributed by atoms with Crippen LogP contribution >= 0.6 is 0 Å². The van der Waals surface area contributed by atoms with Crippen LogP contribution in [-0.2, 0) is 11.3 Å². The monoisotopic (exact) mass is 298 g/mol. The number of carbonyl (C=O) groups excluding carboxylic acids is 2. The summed E-state index contributed by atoms with van der Waals surface area (Å²) in [5.74, 6) is -0.594. The molecule has 0 fully saturated rings. The summed E-state index contributed by atoms with van der Waals surface area (Å²) < 4.78 is 1.18. The highest BCUT2D eigenvalue weighted by atomic mass is 16.2. The van der Waals surface area contributed by atoms with Gasteiger partial charge in [-0.3, -0.25) is 10.1 Å². The summed E-state index contributed by atoms with van der Waals surface area (Å²) in [6.07, 6.45) is 1.25. The molecule has 3 amide bonds. The number of anilines is 1. The molecule has 8 heteroatoms. The lowest BCUT2D eigenvalue weighted by molar-refractivity contribution is -0.120. The number of imide groups is 1. The number of aryl methyl sites for hydroxylation is 2. The van der Waals surface area contributed by atoms with Crippen LogP contribution < -0.4 is 10.6 Å². The van der Waals surface area contributed by atoms with Gasteiger partial charge in [0.25, 0.3) is 5.82 Å². The molecule has 0 saturated carbocycles. The maximum atomic E-state index is 11.7. The maximum Gasteiger partial charge on any atom is 0.325 e. The van der Waals surface area contributed by atoms with Gasteiger partial charge >= 0.3 is 6.03 Å². The second-order valence-corrected chi connectivity index (χ2v) is 4.68. The van der Waals surface area contributed by atoms with Crippen LogP contribution in [0.25, 0.3) is 0 Å². The number of rotatable bonds is 3. The van der Waals surface area contributed by atoms with E-state index in [1.165, 1.54) is 11.0 Å². The summed E-state index contributed by atoms with van der Waals surface area (Å²) in [5, 5.41) is 17.1. The molecule has 112 valence electrons. The predicted molar refractivity (Wildman–Crippen MR) is 77.8 cm³/mol. The van der Waals surface area contributed by atoms with E-state index in [1.807, 2.05) is 26.0 Å². The first-order chi connectivity index (χ1) is 10.5. The van der Waals surface area contributed by atoms with Crippen LogP contribution in [0.15, 0.2) is 24.5 Å². The smallest absolute Gasteiger partial charge is 0.308 e. The molecule has 1 heterocycles. The first-order valence-electron chi connectivity index (χ1n) is 6.45. The highest BCUT2D eigenvalue weighted by Crippen LogP contribution is 2.13. The van der Waals surface area contributed by atoms with Gasteiger partial charge in [0.1, 0.15) is 18.9 Å². The molecular weight excluding hydrogens is 284 g/mol. The Kier molecular flexibility index (Phi) is 4.48. The van der Waals surface area contributed by atoms with Crippen LogP contribution in [0.2, 0.25) is 0 Å². The van der Waals surface area contributed by atoms with Crippen molar-refractivity contribution in [1.82, 2.24) is 20.1 Å². The number of nitrogens with zero attached hydrogens (tertiary/aromatic N) is 4. The third-order valence-electron chi connectivity index (χ3n) is 2.96. The minimum absolute atomic E-state index is 0.0348.